The van der Waals surface area contributed by atoms with Crippen LogP contribution in [0.25, 0.3) is 0 Å². The smallest absolute Gasteiger partial charge is 0.243 e. The fourth-order valence-electron chi connectivity index (χ4n) is 1.05. The Hall–Kier alpha value is -0.830. The van der Waals surface area contributed by atoms with Gasteiger partial charge in [0.25, 0.3) is 0 Å². The molecule has 0 aromatic heterocycles. The van der Waals surface area contributed by atoms with Gasteiger partial charge in [0, 0.05) is 6.61 Å². The van der Waals surface area contributed by atoms with Gasteiger partial charge in [-0.3, -0.25) is 4.79 Å². The highest BCUT2D eigenvalue weighted by atomic mass is 16.5. The van der Waals surface area contributed by atoms with E-state index in [1.165, 1.54) is 6.08 Å². The van der Waals surface area contributed by atoms with E-state index in [9.17, 15) is 4.79 Å². The molecule has 1 aliphatic rings. The lowest BCUT2D eigenvalue weighted by Crippen LogP contribution is -2.33. The van der Waals surface area contributed by atoms with Crippen molar-refractivity contribution >= 4 is 5.91 Å². The van der Waals surface area contributed by atoms with Gasteiger partial charge in [-0.15, -0.1) is 0 Å². The van der Waals surface area contributed by atoms with Crippen molar-refractivity contribution in [3.63, 3.8) is 0 Å². The van der Waals surface area contributed by atoms with E-state index >= 15 is 0 Å². The summed E-state index contributed by atoms with van der Waals surface area (Å²) in [6.45, 7) is 3.24. The maximum Gasteiger partial charge on any atom is 0.243 e. The van der Waals surface area contributed by atoms with Crippen molar-refractivity contribution in [2.75, 3.05) is 13.2 Å². The van der Waals surface area contributed by atoms with E-state index in [0.717, 1.165) is 13.0 Å². The number of hydrogen-bond donors (Lipinski definition) is 1. The molecule has 0 aromatic carbocycles. The fraction of sp³-hybridized carbons (Fsp3) is 0.625. The van der Waals surface area contributed by atoms with E-state index in [-0.39, 0.29) is 11.9 Å². The Morgan fingerprint density at radius 3 is 3.09 bits per heavy atom. The standard InChI is InChI=1S/C8H13NO2/c1-2-3-8(10)9-7-4-5-11-6-7/h2-3,7H,4-6H2,1H3,(H,9,10)/b3-2+. The number of carbonyl (C=O) groups excluding carboxylic acids is 1. The summed E-state index contributed by atoms with van der Waals surface area (Å²) in [5.74, 6) is -0.0250. The molecule has 0 saturated carbocycles. The van der Waals surface area contributed by atoms with E-state index in [4.69, 9.17) is 4.74 Å². The molecule has 1 fully saturated rings. The summed E-state index contributed by atoms with van der Waals surface area (Å²) in [7, 11) is 0. The first-order valence-electron chi connectivity index (χ1n) is 3.84. The second-order valence-corrected chi connectivity index (χ2v) is 2.57. The molecular weight excluding hydrogens is 142 g/mol. The first kappa shape index (κ1) is 8.27. The highest BCUT2D eigenvalue weighted by Gasteiger charge is 2.15. The van der Waals surface area contributed by atoms with Gasteiger partial charge in [0.1, 0.15) is 0 Å². The quantitative estimate of drug-likeness (QED) is 0.588. The van der Waals surface area contributed by atoms with Crippen LogP contribution in [0.3, 0.4) is 0 Å². The normalized spacial score (nSPS) is 24.3. The van der Waals surface area contributed by atoms with Crippen LogP contribution in [0, 0.1) is 0 Å². The van der Waals surface area contributed by atoms with Crippen LogP contribution >= 0.6 is 0 Å². The molecule has 62 valence electrons. The van der Waals surface area contributed by atoms with Crippen LogP contribution in [0.4, 0.5) is 0 Å². The lowest BCUT2D eigenvalue weighted by atomic mass is 10.2. The lowest BCUT2D eigenvalue weighted by molar-refractivity contribution is -0.117. The average molecular weight is 155 g/mol. The third-order valence-corrected chi connectivity index (χ3v) is 1.59. The summed E-state index contributed by atoms with van der Waals surface area (Å²) in [5.41, 5.74) is 0. The molecule has 3 heteroatoms. The second kappa shape index (κ2) is 4.13. The molecule has 1 atom stereocenters. The highest BCUT2D eigenvalue weighted by Crippen LogP contribution is 2.02. The Balaban J connectivity index is 2.23. The largest absolute Gasteiger partial charge is 0.379 e. The van der Waals surface area contributed by atoms with Gasteiger partial charge in [-0.05, 0) is 19.4 Å². The Morgan fingerprint density at radius 1 is 1.73 bits per heavy atom. The van der Waals surface area contributed by atoms with Crippen LogP contribution < -0.4 is 5.32 Å². The predicted octanol–water partition coefficient (Wildman–Crippen LogP) is 0.468. The monoisotopic (exact) mass is 155 g/mol. The van der Waals surface area contributed by atoms with Gasteiger partial charge in [0.2, 0.25) is 5.91 Å². The fourth-order valence-corrected chi connectivity index (χ4v) is 1.05. The van der Waals surface area contributed by atoms with Crippen LogP contribution in [-0.2, 0) is 9.53 Å². The van der Waals surface area contributed by atoms with Crippen LogP contribution in [0.1, 0.15) is 13.3 Å². The minimum Gasteiger partial charge on any atom is -0.379 e. The molecule has 0 aromatic rings. The first-order chi connectivity index (χ1) is 5.33. The predicted molar refractivity (Wildman–Crippen MR) is 42.2 cm³/mol. The maximum atomic E-state index is 10.9. The van der Waals surface area contributed by atoms with E-state index in [2.05, 4.69) is 5.32 Å². The van der Waals surface area contributed by atoms with Crippen molar-refractivity contribution < 1.29 is 9.53 Å². The van der Waals surface area contributed by atoms with Gasteiger partial charge in [-0.1, -0.05) is 6.08 Å². The maximum absolute atomic E-state index is 10.9. The summed E-state index contributed by atoms with van der Waals surface area (Å²) >= 11 is 0. The summed E-state index contributed by atoms with van der Waals surface area (Å²) in [5, 5.41) is 2.83. The van der Waals surface area contributed by atoms with E-state index in [0.29, 0.717) is 6.61 Å². The van der Waals surface area contributed by atoms with E-state index < -0.39 is 0 Å². The van der Waals surface area contributed by atoms with Crippen molar-refractivity contribution in [1.29, 1.82) is 0 Å². The number of nitrogens with one attached hydrogen (secondary N) is 1. The molecule has 1 amide bonds. The molecule has 0 aliphatic carbocycles. The molecule has 1 rings (SSSR count). The second-order valence-electron chi connectivity index (χ2n) is 2.57. The molecule has 11 heavy (non-hydrogen) atoms. The number of rotatable bonds is 2. The Labute approximate surface area is 66.4 Å². The summed E-state index contributed by atoms with van der Waals surface area (Å²) in [4.78, 5) is 10.9. The molecule has 0 bridgehead atoms. The minimum absolute atomic E-state index is 0.0250. The third kappa shape index (κ3) is 2.72. The van der Waals surface area contributed by atoms with Crippen LogP contribution in [0.15, 0.2) is 12.2 Å². The molecule has 1 unspecified atom stereocenters. The van der Waals surface area contributed by atoms with Crippen molar-refractivity contribution in [3.8, 4) is 0 Å². The molecule has 3 nitrogen and oxygen atoms in total. The SMILES string of the molecule is C/C=C/C(=O)NC1CCOC1. The number of allylic oxidation sites excluding steroid dienone is 1. The molecule has 1 aliphatic heterocycles. The number of hydrogen-bond acceptors (Lipinski definition) is 2. The molecule has 0 radical (unpaired) electrons. The van der Waals surface area contributed by atoms with E-state index in [1.54, 1.807) is 6.08 Å². The van der Waals surface area contributed by atoms with Gasteiger partial charge in [0.05, 0.1) is 12.6 Å². The van der Waals surface area contributed by atoms with Crippen LogP contribution in [0.2, 0.25) is 0 Å². The van der Waals surface area contributed by atoms with Crippen LogP contribution in [-0.4, -0.2) is 25.2 Å². The van der Waals surface area contributed by atoms with Crippen LogP contribution in [0.5, 0.6) is 0 Å². The Morgan fingerprint density at radius 2 is 2.55 bits per heavy atom. The number of amides is 1. The van der Waals surface area contributed by atoms with Crippen molar-refractivity contribution in [2.45, 2.75) is 19.4 Å². The minimum atomic E-state index is -0.0250. The first-order valence-corrected chi connectivity index (χ1v) is 3.84. The third-order valence-electron chi connectivity index (χ3n) is 1.59. The van der Waals surface area contributed by atoms with Gasteiger partial charge in [-0.2, -0.15) is 0 Å². The van der Waals surface area contributed by atoms with Gasteiger partial charge < -0.3 is 10.1 Å². The van der Waals surface area contributed by atoms with Gasteiger partial charge >= 0.3 is 0 Å². The summed E-state index contributed by atoms with van der Waals surface area (Å²) < 4.78 is 5.10. The molecule has 1 saturated heterocycles. The van der Waals surface area contributed by atoms with Crippen molar-refractivity contribution in [3.05, 3.63) is 12.2 Å². The topological polar surface area (TPSA) is 38.3 Å². The average Bonchev–Trinajstić information content (AvgIpc) is 2.40. The van der Waals surface area contributed by atoms with Crippen molar-refractivity contribution in [1.82, 2.24) is 5.32 Å². The van der Waals surface area contributed by atoms with Gasteiger partial charge in [0.15, 0.2) is 0 Å². The zero-order valence-electron chi connectivity index (χ0n) is 6.67. The Bertz CT molecular complexity index is 159. The Kier molecular flexibility index (Phi) is 3.11. The zero-order valence-corrected chi connectivity index (χ0v) is 6.67. The highest BCUT2D eigenvalue weighted by molar-refractivity contribution is 5.87. The number of ether oxygens (including phenoxy) is 1. The summed E-state index contributed by atoms with van der Waals surface area (Å²) in [6, 6.07) is 0.221. The summed E-state index contributed by atoms with van der Waals surface area (Å²) in [6.07, 6.45) is 4.19. The molecule has 0 spiro atoms. The lowest BCUT2D eigenvalue weighted by Gasteiger charge is -2.06. The zero-order chi connectivity index (χ0) is 8.10. The van der Waals surface area contributed by atoms with Crippen molar-refractivity contribution in [2.24, 2.45) is 0 Å². The molecular formula is C8H13NO2. The van der Waals surface area contributed by atoms with Gasteiger partial charge in [-0.25, -0.2) is 0 Å². The van der Waals surface area contributed by atoms with E-state index in [1.807, 2.05) is 6.92 Å². The molecule has 1 N–H and O–H groups in total. The number of carbonyl (C=O) groups is 1. The molecule has 1 heterocycles.